The number of imidazole rings is 1. The molecule has 31 heavy (non-hydrogen) atoms. The molecule has 2 N–H and O–H groups in total. The van der Waals surface area contributed by atoms with E-state index >= 15 is 0 Å². The topological polar surface area (TPSA) is 87.3 Å². The molecule has 7 nitrogen and oxygen atoms in total. The first-order valence-corrected chi connectivity index (χ1v) is 10.6. The number of hydrogen-bond donors (Lipinski definition) is 2. The van der Waals surface area contributed by atoms with E-state index in [1.54, 1.807) is 44.7 Å². The van der Waals surface area contributed by atoms with Gasteiger partial charge in [-0.1, -0.05) is 29.8 Å². The fourth-order valence-electron chi connectivity index (χ4n) is 3.79. The number of carbonyl (C=O) groups is 2. The number of amides is 2. The summed E-state index contributed by atoms with van der Waals surface area (Å²) in [7, 11) is 0. The third-order valence-electron chi connectivity index (χ3n) is 5.10. The largest absolute Gasteiger partial charge is 0.444 e. The van der Waals surface area contributed by atoms with Crippen LogP contribution in [-0.2, 0) is 16.0 Å². The predicted octanol–water partition coefficient (Wildman–Crippen LogP) is 4.76. The quantitative estimate of drug-likeness (QED) is 0.614. The molecule has 0 saturated carbocycles. The van der Waals surface area contributed by atoms with E-state index in [9.17, 15) is 9.59 Å². The molecule has 4 rings (SSSR count). The van der Waals surface area contributed by atoms with Crippen molar-refractivity contribution in [2.24, 2.45) is 0 Å². The van der Waals surface area contributed by atoms with Crippen LogP contribution >= 0.6 is 11.6 Å². The molecule has 0 saturated heterocycles. The molecule has 2 heterocycles. The summed E-state index contributed by atoms with van der Waals surface area (Å²) >= 11 is 6.10. The number of nitrogens with zero attached hydrogens (tertiary/aromatic N) is 2. The van der Waals surface area contributed by atoms with E-state index in [1.807, 2.05) is 30.3 Å². The van der Waals surface area contributed by atoms with Gasteiger partial charge in [-0.2, -0.15) is 0 Å². The minimum atomic E-state index is -0.776. The zero-order valence-electron chi connectivity index (χ0n) is 17.9. The van der Waals surface area contributed by atoms with Crippen LogP contribution in [-0.4, -0.2) is 33.6 Å². The lowest BCUT2D eigenvalue weighted by molar-refractivity contribution is -0.120. The van der Waals surface area contributed by atoms with Gasteiger partial charge in [0.1, 0.15) is 17.5 Å². The van der Waals surface area contributed by atoms with Crippen LogP contribution in [0.5, 0.6) is 0 Å². The van der Waals surface area contributed by atoms with Crippen LogP contribution in [0.4, 0.5) is 10.5 Å². The average Bonchev–Trinajstić information content (AvgIpc) is 3.26. The normalized spacial score (nSPS) is 16.8. The first-order chi connectivity index (χ1) is 14.6. The van der Waals surface area contributed by atoms with Crippen molar-refractivity contribution in [3.8, 4) is 0 Å². The SMILES string of the molecule is CC(NC(=O)OC(C)(C)C)C(=O)N1c2ccccc2CC1c1nc2cc(Cl)ccc2[nH]1. The molecular weight excluding hydrogens is 416 g/mol. The molecule has 0 fully saturated rings. The van der Waals surface area contributed by atoms with Crippen LogP contribution in [0.15, 0.2) is 42.5 Å². The van der Waals surface area contributed by atoms with Crippen molar-refractivity contribution in [1.82, 2.24) is 15.3 Å². The van der Waals surface area contributed by atoms with Crippen molar-refractivity contribution in [3.05, 3.63) is 58.9 Å². The third-order valence-corrected chi connectivity index (χ3v) is 5.33. The number of ether oxygens (including phenoxy) is 1. The van der Waals surface area contributed by atoms with Crippen LogP contribution in [0, 0.1) is 0 Å². The van der Waals surface area contributed by atoms with Crippen molar-refractivity contribution in [2.45, 2.75) is 51.8 Å². The Kier molecular flexibility index (Phi) is 5.39. The molecule has 1 aromatic heterocycles. The highest BCUT2D eigenvalue weighted by Gasteiger charge is 2.38. The zero-order chi connectivity index (χ0) is 22.3. The minimum Gasteiger partial charge on any atom is -0.444 e. The van der Waals surface area contributed by atoms with E-state index in [0.717, 1.165) is 22.3 Å². The fourth-order valence-corrected chi connectivity index (χ4v) is 3.95. The van der Waals surface area contributed by atoms with E-state index in [2.05, 4.69) is 10.3 Å². The monoisotopic (exact) mass is 440 g/mol. The number of para-hydroxylation sites is 1. The lowest BCUT2D eigenvalue weighted by Crippen LogP contribution is -2.48. The Balaban J connectivity index is 1.64. The van der Waals surface area contributed by atoms with Crippen molar-refractivity contribution in [1.29, 1.82) is 0 Å². The Morgan fingerprint density at radius 3 is 2.74 bits per heavy atom. The van der Waals surface area contributed by atoms with Crippen LogP contribution in [0.1, 0.15) is 45.1 Å². The second kappa shape index (κ2) is 7.89. The molecular formula is C23H25ClN4O3. The number of nitrogens with one attached hydrogen (secondary N) is 2. The summed E-state index contributed by atoms with van der Waals surface area (Å²) in [6, 6.07) is 12.1. The second-order valence-corrected chi connectivity index (χ2v) is 9.14. The molecule has 2 amide bonds. The number of fused-ring (bicyclic) bond motifs is 2. The smallest absolute Gasteiger partial charge is 0.408 e. The highest BCUT2D eigenvalue weighted by Crippen LogP contribution is 2.40. The highest BCUT2D eigenvalue weighted by atomic mass is 35.5. The molecule has 0 bridgehead atoms. The molecule has 0 spiro atoms. The predicted molar refractivity (Wildman–Crippen MR) is 120 cm³/mol. The van der Waals surface area contributed by atoms with Gasteiger partial charge in [0.05, 0.1) is 17.1 Å². The van der Waals surface area contributed by atoms with Gasteiger partial charge in [-0.05, 0) is 57.5 Å². The van der Waals surface area contributed by atoms with Gasteiger partial charge in [-0.15, -0.1) is 0 Å². The van der Waals surface area contributed by atoms with Gasteiger partial charge in [0.2, 0.25) is 5.91 Å². The molecule has 1 aliphatic rings. The molecule has 0 radical (unpaired) electrons. The second-order valence-electron chi connectivity index (χ2n) is 8.71. The van der Waals surface area contributed by atoms with E-state index in [0.29, 0.717) is 17.3 Å². The summed E-state index contributed by atoms with van der Waals surface area (Å²) in [4.78, 5) is 35.4. The maximum atomic E-state index is 13.5. The average molecular weight is 441 g/mol. The van der Waals surface area contributed by atoms with Crippen molar-refractivity contribution < 1.29 is 14.3 Å². The standard InChI is InChI=1S/C23H25ClN4O3/c1-13(25-22(30)31-23(2,3)4)21(29)28-18-8-6-5-7-14(18)11-19(28)20-26-16-10-9-15(24)12-17(16)27-20/h5-10,12-13,19H,11H2,1-4H3,(H,25,30)(H,26,27). The van der Waals surface area contributed by atoms with Crippen LogP contribution < -0.4 is 10.2 Å². The number of rotatable bonds is 3. The number of alkyl carbamates (subject to hydrolysis) is 1. The maximum absolute atomic E-state index is 13.5. The Bertz CT molecular complexity index is 1150. The summed E-state index contributed by atoms with van der Waals surface area (Å²) in [6.45, 7) is 6.99. The Morgan fingerprint density at radius 1 is 1.26 bits per heavy atom. The molecule has 3 aromatic rings. The number of carbonyl (C=O) groups excluding carboxylic acids is 2. The number of halogens is 1. The van der Waals surface area contributed by atoms with E-state index in [-0.39, 0.29) is 11.9 Å². The summed E-state index contributed by atoms with van der Waals surface area (Å²) in [5.41, 5.74) is 2.80. The van der Waals surface area contributed by atoms with E-state index < -0.39 is 17.7 Å². The summed E-state index contributed by atoms with van der Waals surface area (Å²) in [5, 5.41) is 3.25. The first-order valence-electron chi connectivity index (χ1n) is 10.2. The molecule has 8 heteroatoms. The third kappa shape index (κ3) is 4.37. The molecule has 0 aliphatic carbocycles. The van der Waals surface area contributed by atoms with Gasteiger partial charge in [0, 0.05) is 17.1 Å². The van der Waals surface area contributed by atoms with Gasteiger partial charge in [0.15, 0.2) is 0 Å². The first kappa shape index (κ1) is 21.2. The molecule has 1 aliphatic heterocycles. The maximum Gasteiger partial charge on any atom is 0.408 e. The summed E-state index contributed by atoms with van der Waals surface area (Å²) in [5.74, 6) is 0.436. The zero-order valence-corrected chi connectivity index (χ0v) is 18.7. The Morgan fingerprint density at radius 2 is 2.00 bits per heavy atom. The molecule has 2 atom stereocenters. The summed E-state index contributed by atoms with van der Waals surface area (Å²) < 4.78 is 5.30. The number of anilines is 1. The van der Waals surface area contributed by atoms with Crippen LogP contribution in [0.2, 0.25) is 5.02 Å². The van der Waals surface area contributed by atoms with E-state index in [4.69, 9.17) is 21.3 Å². The number of aromatic amines is 1. The van der Waals surface area contributed by atoms with Crippen LogP contribution in [0.25, 0.3) is 11.0 Å². The van der Waals surface area contributed by atoms with Gasteiger partial charge in [-0.3, -0.25) is 9.69 Å². The lowest BCUT2D eigenvalue weighted by Gasteiger charge is -2.28. The van der Waals surface area contributed by atoms with Crippen LogP contribution in [0.3, 0.4) is 0 Å². The number of H-pyrrole nitrogens is 1. The van der Waals surface area contributed by atoms with Gasteiger partial charge < -0.3 is 15.0 Å². The Hall–Kier alpha value is -3.06. The summed E-state index contributed by atoms with van der Waals surface area (Å²) in [6.07, 6.45) is -0.00926. The molecule has 2 unspecified atom stereocenters. The highest BCUT2D eigenvalue weighted by molar-refractivity contribution is 6.31. The van der Waals surface area contributed by atoms with Gasteiger partial charge in [-0.25, -0.2) is 9.78 Å². The lowest BCUT2D eigenvalue weighted by atomic mass is 10.1. The van der Waals surface area contributed by atoms with Gasteiger partial charge >= 0.3 is 6.09 Å². The van der Waals surface area contributed by atoms with Gasteiger partial charge in [0.25, 0.3) is 0 Å². The Labute approximate surface area is 185 Å². The number of benzene rings is 2. The number of aromatic nitrogens is 2. The minimum absolute atomic E-state index is 0.237. The number of hydrogen-bond acceptors (Lipinski definition) is 4. The molecule has 162 valence electrons. The van der Waals surface area contributed by atoms with E-state index in [1.165, 1.54) is 0 Å². The van der Waals surface area contributed by atoms with Crippen molar-refractivity contribution >= 4 is 40.3 Å². The van der Waals surface area contributed by atoms with Crippen molar-refractivity contribution in [3.63, 3.8) is 0 Å². The fraction of sp³-hybridized carbons (Fsp3) is 0.348. The van der Waals surface area contributed by atoms with Crippen molar-refractivity contribution in [2.75, 3.05) is 4.90 Å². The molecule has 2 aromatic carbocycles.